The average Bonchev–Trinajstić information content (AvgIpc) is 2.40. The molecule has 0 heterocycles. The summed E-state index contributed by atoms with van der Waals surface area (Å²) >= 11 is 0. The van der Waals surface area contributed by atoms with Gasteiger partial charge in [0.15, 0.2) is 0 Å². The van der Waals surface area contributed by atoms with Crippen LogP contribution in [0.1, 0.15) is 45.4 Å². The lowest BCUT2D eigenvalue weighted by Gasteiger charge is -2.27. The van der Waals surface area contributed by atoms with Crippen molar-refractivity contribution in [2.75, 3.05) is 6.54 Å². The van der Waals surface area contributed by atoms with Gasteiger partial charge >= 0.3 is 5.97 Å². The molecule has 88 valence electrons. The van der Waals surface area contributed by atoms with Gasteiger partial charge in [0.1, 0.15) is 6.04 Å². The van der Waals surface area contributed by atoms with Crippen molar-refractivity contribution >= 4 is 5.97 Å². The predicted molar refractivity (Wildman–Crippen MR) is 57.8 cm³/mol. The number of carboxylic acids is 1. The lowest BCUT2D eigenvalue weighted by Crippen LogP contribution is -2.45. The molecule has 1 saturated carbocycles. The highest BCUT2D eigenvalue weighted by Crippen LogP contribution is 2.26. The van der Waals surface area contributed by atoms with E-state index in [4.69, 9.17) is 5.11 Å². The van der Waals surface area contributed by atoms with Crippen molar-refractivity contribution in [2.45, 2.75) is 57.1 Å². The Labute approximate surface area is 90.7 Å². The van der Waals surface area contributed by atoms with E-state index in [2.05, 4.69) is 5.32 Å². The number of rotatable bonds is 4. The first-order chi connectivity index (χ1) is 7.03. The molecule has 1 atom stereocenters. The van der Waals surface area contributed by atoms with Crippen molar-refractivity contribution in [3.63, 3.8) is 0 Å². The van der Waals surface area contributed by atoms with E-state index >= 15 is 0 Å². The van der Waals surface area contributed by atoms with E-state index in [0.29, 0.717) is 6.54 Å². The Morgan fingerprint density at radius 1 is 1.33 bits per heavy atom. The monoisotopic (exact) mass is 215 g/mol. The minimum Gasteiger partial charge on any atom is -0.480 e. The van der Waals surface area contributed by atoms with E-state index in [1.54, 1.807) is 6.92 Å². The van der Waals surface area contributed by atoms with E-state index in [9.17, 15) is 9.90 Å². The maximum atomic E-state index is 10.6. The number of aliphatic hydroxyl groups is 1. The Bertz CT molecular complexity index is 210. The van der Waals surface area contributed by atoms with Gasteiger partial charge in [-0.2, -0.15) is 0 Å². The standard InChI is InChI=1S/C11H21NO3/c1-9(10(13)14)12-8-11(15)6-4-2-3-5-7-11/h9,12,15H,2-8H2,1H3,(H,13,14). The van der Waals surface area contributed by atoms with Gasteiger partial charge in [-0.15, -0.1) is 0 Å². The van der Waals surface area contributed by atoms with Crippen LogP contribution >= 0.6 is 0 Å². The van der Waals surface area contributed by atoms with Gasteiger partial charge in [-0.25, -0.2) is 0 Å². The highest BCUT2D eigenvalue weighted by Gasteiger charge is 2.28. The Kier molecular flexibility index (Phi) is 4.54. The van der Waals surface area contributed by atoms with Gasteiger partial charge in [0.05, 0.1) is 5.60 Å². The van der Waals surface area contributed by atoms with Crippen LogP contribution in [0.25, 0.3) is 0 Å². The number of carbonyl (C=O) groups is 1. The SMILES string of the molecule is CC(NCC1(O)CCCCCC1)C(=O)O. The Morgan fingerprint density at radius 2 is 1.87 bits per heavy atom. The first-order valence-corrected chi connectivity index (χ1v) is 5.72. The van der Waals surface area contributed by atoms with Crippen LogP contribution in [0.3, 0.4) is 0 Å². The van der Waals surface area contributed by atoms with Crippen LogP contribution in [0.2, 0.25) is 0 Å². The summed E-state index contributed by atoms with van der Waals surface area (Å²) in [5.74, 6) is -0.868. The summed E-state index contributed by atoms with van der Waals surface area (Å²) in [6.45, 7) is 1.99. The topological polar surface area (TPSA) is 69.6 Å². The summed E-state index contributed by atoms with van der Waals surface area (Å²) in [7, 11) is 0. The summed E-state index contributed by atoms with van der Waals surface area (Å²) in [5.41, 5.74) is -0.694. The number of nitrogens with one attached hydrogen (secondary N) is 1. The fourth-order valence-electron chi connectivity index (χ4n) is 1.99. The summed E-state index contributed by atoms with van der Waals surface area (Å²) < 4.78 is 0. The smallest absolute Gasteiger partial charge is 0.320 e. The van der Waals surface area contributed by atoms with E-state index in [-0.39, 0.29) is 0 Å². The Balaban J connectivity index is 2.37. The van der Waals surface area contributed by atoms with E-state index in [1.165, 1.54) is 12.8 Å². The second-order valence-corrected chi connectivity index (χ2v) is 4.58. The fourth-order valence-corrected chi connectivity index (χ4v) is 1.99. The zero-order chi connectivity index (χ0) is 11.3. The predicted octanol–water partition coefficient (Wildman–Crippen LogP) is 1.13. The van der Waals surface area contributed by atoms with Crippen molar-refractivity contribution in [2.24, 2.45) is 0 Å². The van der Waals surface area contributed by atoms with Crippen LogP contribution in [0, 0.1) is 0 Å². The summed E-state index contributed by atoms with van der Waals surface area (Å²) in [6.07, 6.45) is 6.01. The quantitative estimate of drug-likeness (QED) is 0.615. The normalized spacial score (nSPS) is 23.1. The lowest BCUT2D eigenvalue weighted by molar-refractivity contribution is -0.139. The molecule has 0 aromatic rings. The lowest BCUT2D eigenvalue weighted by atomic mass is 9.94. The van der Waals surface area contributed by atoms with Gasteiger partial charge in [-0.1, -0.05) is 25.7 Å². The second-order valence-electron chi connectivity index (χ2n) is 4.58. The number of hydrogen-bond acceptors (Lipinski definition) is 3. The van der Waals surface area contributed by atoms with E-state index in [0.717, 1.165) is 25.7 Å². The van der Waals surface area contributed by atoms with Crippen LogP contribution in [0.4, 0.5) is 0 Å². The molecular weight excluding hydrogens is 194 g/mol. The molecule has 0 aromatic heterocycles. The van der Waals surface area contributed by atoms with Gasteiger partial charge in [-0.3, -0.25) is 4.79 Å². The molecule has 1 aliphatic rings. The van der Waals surface area contributed by atoms with Crippen molar-refractivity contribution in [1.82, 2.24) is 5.32 Å². The molecule has 4 nitrogen and oxygen atoms in total. The molecule has 0 aromatic carbocycles. The average molecular weight is 215 g/mol. The first-order valence-electron chi connectivity index (χ1n) is 5.72. The van der Waals surface area contributed by atoms with Gasteiger partial charge in [0, 0.05) is 6.54 Å². The third-order valence-corrected chi connectivity index (χ3v) is 3.14. The molecule has 0 radical (unpaired) electrons. The highest BCUT2D eigenvalue weighted by atomic mass is 16.4. The van der Waals surface area contributed by atoms with Crippen molar-refractivity contribution in [1.29, 1.82) is 0 Å². The zero-order valence-electron chi connectivity index (χ0n) is 9.33. The molecule has 15 heavy (non-hydrogen) atoms. The molecule has 0 amide bonds. The van der Waals surface area contributed by atoms with Gasteiger partial charge in [0.2, 0.25) is 0 Å². The Hall–Kier alpha value is -0.610. The van der Waals surface area contributed by atoms with E-state index in [1.807, 2.05) is 0 Å². The minimum atomic E-state index is -0.868. The van der Waals surface area contributed by atoms with Crippen LogP contribution in [0.5, 0.6) is 0 Å². The van der Waals surface area contributed by atoms with Gasteiger partial charge in [-0.05, 0) is 19.8 Å². The molecule has 1 unspecified atom stereocenters. The first kappa shape index (κ1) is 12.5. The molecule has 1 fully saturated rings. The molecule has 0 aliphatic heterocycles. The number of hydrogen-bond donors (Lipinski definition) is 3. The zero-order valence-corrected chi connectivity index (χ0v) is 9.33. The molecule has 0 saturated heterocycles. The van der Waals surface area contributed by atoms with Gasteiger partial charge < -0.3 is 15.5 Å². The second kappa shape index (κ2) is 5.47. The molecule has 1 rings (SSSR count). The third kappa shape index (κ3) is 4.18. The number of aliphatic carboxylic acids is 1. The van der Waals surface area contributed by atoms with Crippen molar-refractivity contribution in [3.05, 3.63) is 0 Å². The van der Waals surface area contributed by atoms with Crippen molar-refractivity contribution < 1.29 is 15.0 Å². The molecule has 0 spiro atoms. The summed E-state index contributed by atoms with van der Waals surface area (Å²) in [4.78, 5) is 10.6. The van der Waals surface area contributed by atoms with Crippen LogP contribution in [-0.2, 0) is 4.79 Å². The maximum absolute atomic E-state index is 10.6. The molecule has 1 aliphatic carbocycles. The molecular formula is C11H21NO3. The van der Waals surface area contributed by atoms with Crippen LogP contribution < -0.4 is 5.32 Å². The van der Waals surface area contributed by atoms with Gasteiger partial charge in [0.25, 0.3) is 0 Å². The molecule has 0 bridgehead atoms. The third-order valence-electron chi connectivity index (χ3n) is 3.14. The largest absolute Gasteiger partial charge is 0.480 e. The summed E-state index contributed by atoms with van der Waals surface area (Å²) in [5, 5.41) is 21.8. The van der Waals surface area contributed by atoms with E-state index < -0.39 is 17.6 Å². The van der Waals surface area contributed by atoms with Crippen LogP contribution in [-0.4, -0.2) is 34.4 Å². The summed E-state index contributed by atoms with van der Waals surface area (Å²) in [6, 6.07) is -0.586. The fraction of sp³-hybridized carbons (Fsp3) is 0.909. The number of carboxylic acid groups (broad SMARTS) is 1. The highest BCUT2D eigenvalue weighted by molar-refractivity contribution is 5.72. The van der Waals surface area contributed by atoms with Crippen LogP contribution in [0.15, 0.2) is 0 Å². The Morgan fingerprint density at radius 3 is 2.33 bits per heavy atom. The minimum absolute atomic E-state index is 0.389. The van der Waals surface area contributed by atoms with Crippen molar-refractivity contribution in [3.8, 4) is 0 Å². The molecule has 3 N–H and O–H groups in total. The maximum Gasteiger partial charge on any atom is 0.320 e. The molecule has 4 heteroatoms.